The Morgan fingerprint density at radius 1 is 0.867 bits per heavy atom. The van der Waals surface area contributed by atoms with E-state index in [-0.39, 0.29) is 18.9 Å². The van der Waals surface area contributed by atoms with E-state index in [1.165, 1.54) is 11.3 Å². The Morgan fingerprint density at radius 3 is 2.07 bits per heavy atom. The lowest BCUT2D eigenvalue weighted by Crippen LogP contribution is -2.54. The van der Waals surface area contributed by atoms with Gasteiger partial charge in [0.1, 0.15) is 25.4 Å². The molecule has 2 aromatic carbocycles. The molecular formula is C32H42N4O8S. The minimum Gasteiger partial charge on any atom is -0.447 e. The molecule has 3 amide bonds. The van der Waals surface area contributed by atoms with Gasteiger partial charge in [0.05, 0.1) is 29.1 Å². The van der Waals surface area contributed by atoms with Crippen LogP contribution >= 0.6 is 11.3 Å². The van der Waals surface area contributed by atoms with Gasteiger partial charge in [-0.05, 0) is 36.3 Å². The van der Waals surface area contributed by atoms with Gasteiger partial charge in [-0.15, -0.1) is 11.3 Å². The lowest BCUT2D eigenvalue weighted by Gasteiger charge is -2.30. The fourth-order valence-corrected chi connectivity index (χ4v) is 5.07. The van der Waals surface area contributed by atoms with E-state index >= 15 is 0 Å². The van der Waals surface area contributed by atoms with Crippen molar-refractivity contribution in [1.82, 2.24) is 20.9 Å². The maximum Gasteiger partial charge on any atom is 0.407 e. The van der Waals surface area contributed by atoms with Gasteiger partial charge in [0.15, 0.2) is 0 Å². The minimum absolute atomic E-state index is 0.0440. The van der Waals surface area contributed by atoms with Crippen molar-refractivity contribution in [3.63, 3.8) is 0 Å². The SMILES string of the molecule is CC(C)[C@H](NC(=O)OCC(O)CO)C(=O)N[C@@H](Cc1ccccc1)C[C@H](O)[C@H](Cc1ccccc1)NC(=O)OCc1cncs1. The molecule has 1 aromatic heterocycles. The summed E-state index contributed by atoms with van der Waals surface area (Å²) in [5.41, 5.74) is 3.45. The number of aliphatic hydroxyl groups excluding tert-OH is 3. The molecule has 244 valence electrons. The van der Waals surface area contributed by atoms with E-state index in [1.807, 2.05) is 60.7 Å². The number of hydrogen-bond donors (Lipinski definition) is 6. The Labute approximate surface area is 266 Å². The molecule has 6 N–H and O–H groups in total. The number of rotatable bonds is 17. The van der Waals surface area contributed by atoms with Gasteiger partial charge in [0.2, 0.25) is 5.91 Å². The summed E-state index contributed by atoms with van der Waals surface area (Å²) in [6.07, 6.45) is -1.57. The van der Waals surface area contributed by atoms with E-state index in [4.69, 9.17) is 14.6 Å². The Hall–Kier alpha value is -4.04. The van der Waals surface area contributed by atoms with Gasteiger partial charge in [-0.3, -0.25) is 9.78 Å². The first-order valence-electron chi connectivity index (χ1n) is 14.7. The van der Waals surface area contributed by atoms with Gasteiger partial charge in [0, 0.05) is 12.2 Å². The molecule has 3 aromatic rings. The third-order valence-electron chi connectivity index (χ3n) is 6.93. The second-order valence-corrected chi connectivity index (χ2v) is 12.0. The van der Waals surface area contributed by atoms with Crippen LogP contribution in [0.15, 0.2) is 72.4 Å². The molecule has 0 fully saturated rings. The standard InChI is InChI=1S/C32H42N4O8S/c1-21(2)29(36-32(42)43-18-25(38)17-37)30(40)34-24(13-22-9-5-3-6-10-22)15-28(39)27(14-23-11-7-4-8-12-23)35-31(41)44-19-26-16-33-20-45-26/h3-12,16,20-21,24-25,27-29,37-39H,13-15,17-19H2,1-2H3,(H,34,40)(H,35,41)(H,36,42)/t24-,25?,27-,28-,29-/m0/s1. The van der Waals surface area contributed by atoms with Crippen molar-refractivity contribution in [2.24, 2.45) is 5.92 Å². The third kappa shape index (κ3) is 12.8. The average molecular weight is 643 g/mol. The summed E-state index contributed by atoms with van der Waals surface area (Å²) in [7, 11) is 0. The maximum absolute atomic E-state index is 13.5. The number of amides is 3. The fourth-order valence-electron chi connectivity index (χ4n) is 4.56. The van der Waals surface area contributed by atoms with Crippen LogP contribution in [0.2, 0.25) is 0 Å². The predicted molar refractivity (Wildman–Crippen MR) is 168 cm³/mol. The monoisotopic (exact) mass is 642 g/mol. The van der Waals surface area contributed by atoms with Crippen molar-refractivity contribution >= 4 is 29.4 Å². The molecule has 0 aliphatic rings. The number of ether oxygens (including phenoxy) is 2. The Kier molecular flexibility index (Phi) is 14.7. The van der Waals surface area contributed by atoms with Gasteiger partial charge in [-0.1, -0.05) is 74.5 Å². The first-order chi connectivity index (χ1) is 21.6. The zero-order chi connectivity index (χ0) is 32.6. The number of aliphatic hydroxyl groups is 3. The summed E-state index contributed by atoms with van der Waals surface area (Å²) in [6.45, 7) is 2.55. The van der Waals surface area contributed by atoms with Crippen molar-refractivity contribution in [3.8, 4) is 0 Å². The summed E-state index contributed by atoms with van der Waals surface area (Å²) in [5, 5.41) is 38.2. The van der Waals surface area contributed by atoms with E-state index in [0.717, 1.165) is 16.0 Å². The zero-order valence-corrected chi connectivity index (χ0v) is 26.2. The first kappa shape index (κ1) is 35.4. The molecule has 5 atom stereocenters. The number of carbonyl (C=O) groups excluding carboxylic acids is 3. The summed E-state index contributed by atoms with van der Waals surface area (Å²) in [6, 6.07) is 16.5. The number of alkyl carbamates (subject to hydrolysis) is 2. The summed E-state index contributed by atoms with van der Waals surface area (Å²) in [4.78, 5) is 43.3. The molecular weight excluding hydrogens is 600 g/mol. The first-order valence-corrected chi connectivity index (χ1v) is 15.6. The Bertz CT molecular complexity index is 1300. The number of nitrogens with one attached hydrogen (secondary N) is 3. The van der Waals surface area contributed by atoms with Gasteiger partial charge < -0.3 is 40.7 Å². The normalized spacial score (nSPS) is 14.4. The number of thiazole rings is 1. The zero-order valence-electron chi connectivity index (χ0n) is 25.4. The summed E-state index contributed by atoms with van der Waals surface area (Å²) in [5.74, 6) is -0.822. The van der Waals surface area contributed by atoms with Crippen LogP contribution in [-0.4, -0.2) is 81.9 Å². The molecule has 3 rings (SSSR count). The molecule has 0 radical (unpaired) electrons. The minimum atomic E-state index is -1.23. The fraction of sp³-hybridized carbons (Fsp3) is 0.438. The van der Waals surface area contributed by atoms with Crippen LogP contribution in [0.4, 0.5) is 9.59 Å². The van der Waals surface area contributed by atoms with Crippen LogP contribution in [-0.2, 0) is 33.7 Å². The Balaban J connectivity index is 1.75. The highest BCUT2D eigenvalue weighted by molar-refractivity contribution is 7.09. The second kappa shape index (κ2) is 18.7. The quantitative estimate of drug-likeness (QED) is 0.129. The molecule has 12 nitrogen and oxygen atoms in total. The number of carbonyl (C=O) groups is 3. The summed E-state index contributed by atoms with van der Waals surface area (Å²) >= 11 is 1.36. The molecule has 0 saturated carbocycles. The lowest BCUT2D eigenvalue weighted by molar-refractivity contribution is -0.125. The van der Waals surface area contributed by atoms with Crippen molar-refractivity contribution in [2.45, 2.75) is 70.1 Å². The van der Waals surface area contributed by atoms with Crippen molar-refractivity contribution in [1.29, 1.82) is 0 Å². The van der Waals surface area contributed by atoms with Gasteiger partial charge >= 0.3 is 12.2 Å². The van der Waals surface area contributed by atoms with Crippen LogP contribution in [0.25, 0.3) is 0 Å². The average Bonchev–Trinajstić information content (AvgIpc) is 3.55. The maximum atomic E-state index is 13.5. The van der Waals surface area contributed by atoms with E-state index < -0.39 is 61.6 Å². The molecule has 45 heavy (non-hydrogen) atoms. The van der Waals surface area contributed by atoms with E-state index in [2.05, 4.69) is 20.9 Å². The van der Waals surface area contributed by atoms with Crippen molar-refractivity contribution in [3.05, 3.63) is 88.4 Å². The topological polar surface area (TPSA) is 179 Å². The van der Waals surface area contributed by atoms with Gasteiger partial charge in [-0.25, -0.2) is 9.59 Å². The highest BCUT2D eigenvalue weighted by atomic mass is 32.1. The number of hydrogen-bond acceptors (Lipinski definition) is 10. The molecule has 0 bridgehead atoms. The van der Waals surface area contributed by atoms with Crippen LogP contribution < -0.4 is 16.0 Å². The molecule has 0 aliphatic carbocycles. The van der Waals surface area contributed by atoms with Gasteiger partial charge in [-0.2, -0.15) is 0 Å². The lowest BCUT2D eigenvalue weighted by atomic mass is 9.93. The molecule has 0 aliphatic heterocycles. The smallest absolute Gasteiger partial charge is 0.407 e. The molecule has 13 heteroatoms. The summed E-state index contributed by atoms with van der Waals surface area (Å²) < 4.78 is 10.3. The van der Waals surface area contributed by atoms with E-state index in [9.17, 15) is 24.6 Å². The van der Waals surface area contributed by atoms with Crippen LogP contribution in [0.1, 0.15) is 36.3 Å². The van der Waals surface area contributed by atoms with Crippen molar-refractivity contribution < 1.29 is 39.2 Å². The largest absolute Gasteiger partial charge is 0.447 e. The van der Waals surface area contributed by atoms with E-state index in [0.29, 0.717) is 12.8 Å². The van der Waals surface area contributed by atoms with Gasteiger partial charge in [0.25, 0.3) is 0 Å². The number of benzene rings is 2. The highest BCUT2D eigenvalue weighted by Gasteiger charge is 2.30. The highest BCUT2D eigenvalue weighted by Crippen LogP contribution is 2.16. The molecule has 1 heterocycles. The van der Waals surface area contributed by atoms with E-state index in [1.54, 1.807) is 25.6 Å². The van der Waals surface area contributed by atoms with Crippen molar-refractivity contribution in [2.75, 3.05) is 13.2 Å². The third-order valence-corrected chi connectivity index (χ3v) is 7.69. The molecule has 0 saturated heterocycles. The van der Waals surface area contributed by atoms with Crippen LogP contribution in [0.5, 0.6) is 0 Å². The number of aromatic nitrogens is 1. The second-order valence-electron chi connectivity index (χ2n) is 11.0. The molecule has 0 spiro atoms. The van der Waals surface area contributed by atoms with Crippen LogP contribution in [0, 0.1) is 5.92 Å². The Morgan fingerprint density at radius 2 is 1.49 bits per heavy atom. The number of nitrogens with zero attached hydrogens (tertiary/aromatic N) is 1. The predicted octanol–water partition coefficient (Wildman–Crippen LogP) is 2.56. The van der Waals surface area contributed by atoms with Crippen LogP contribution in [0.3, 0.4) is 0 Å². The molecule has 1 unspecified atom stereocenters.